The maximum atomic E-state index is 13.1. The first-order chi connectivity index (χ1) is 9.78. The molecule has 1 heterocycles. The van der Waals surface area contributed by atoms with Gasteiger partial charge < -0.3 is 5.11 Å². The Morgan fingerprint density at radius 3 is 2.76 bits per heavy atom. The minimum Gasteiger partial charge on any atom is -0.481 e. The molecule has 1 N–H and O–H groups in total. The summed E-state index contributed by atoms with van der Waals surface area (Å²) in [5, 5.41) is 9.09. The average molecular weight is 315 g/mol. The van der Waals surface area contributed by atoms with Crippen LogP contribution in [-0.2, 0) is 20.6 Å². The molecule has 2 atom stereocenters. The second-order valence-electron chi connectivity index (χ2n) is 5.58. The van der Waals surface area contributed by atoms with Crippen molar-refractivity contribution in [1.29, 1.82) is 0 Å². The highest BCUT2D eigenvalue weighted by Gasteiger charge is 2.35. The molecule has 0 aromatic heterocycles. The number of aliphatic carboxylic acids is 1. The summed E-state index contributed by atoms with van der Waals surface area (Å²) in [6.45, 7) is 2.12. The van der Waals surface area contributed by atoms with Crippen molar-refractivity contribution in [2.75, 3.05) is 13.1 Å². The van der Waals surface area contributed by atoms with Crippen molar-refractivity contribution in [2.24, 2.45) is 11.8 Å². The van der Waals surface area contributed by atoms with Crippen molar-refractivity contribution in [3.05, 3.63) is 35.6 Å². The Kier molecular flexibility index (Phi) is 4.63. The largest absolute Gasteiger partial charge is 0.481 e. The van der Waals surface area contributed by atoms with Gasteiger partial charge in [0.1, 0.15) is 5.82 Å². The van der Waals surface area contributed by atoms with Crippen LogP contribution >= 0.6 is 0 Å². The number of carbonyl (C=O) groups is 1. The molecule has 2 rings (SSSR count). The van der Waals surface area contributed by atoms with Gasteiger partial charge in [-0.3, -0.25) is 4.79 Å². The van der Waals surface area contributed by atoms with Gasteiger partial charge in [-0.1, -0.05) is 19.1 Å². The van der Waals surface area contributed by atoms with Gasteiger partial charge in [0.15, 0.2) is 0 Å². The van der Waals surface area contributed by atoms with Crippen LogP contribution in [0, 0.1) is 17.7 Å². The number of carboxylic acid groups (broad SMARTS) is 1. The monoisotopic (exact) mass is 315 g/mol. The number of piperidine rings is 1. The van der Waals surface area contributed by atoms with Crippen molar-refractivity contribution in [3.63, 3.8) is 0 Å². The number of halogens is 1. The lowest BCUT2D eigenvalue weighted by Crippen LogP contribution is -2.45. The molecule has 0 bridgehead atoms. The molecule has 1 aliphatic heterocycles. The molecule has 1 saturated heterocycles. The molecule has 1 aliphatic rings. The zero-order valence-corrected chi connectivity index (χ0v) is 12.5. The lowest BCUT2D eigenvalue weighted by atomic mass is 9.92. The third kappa shape index (κ3) is 4.01. The first-order valence-electron chi connectivity index (χ1n) is 6.73. The Hall–Kier alpha value is -1.47. The quantitative estimate of drug-likeness (QED) is 0.917. The lowest BCUT2D eigenvalue weighted by Gasteiger charge is -2.33. The summed E-state index contributed by atoms with van der Waals surface area (Å²) in [7, 11) is -3.65. The molecule has 2 unspecified atom stereocenters. The Morgan fingerprint density at radius 1 is 1.43 bits per heavy atom. The van der Waals surface area contributed by atoms with Gasteiger partial charge in [-0.15, -0.1) is 0 Å². The van der Waals surface area contributed by atoms with Gasteiger partial charge in [0.2, 0.25) is 10.0 Å². The molecule has 0 saturated carbocycles. The maximum absolute atomic E-state index is 13.1. The molecule has 116 valence electrons. The van der Waals surface area contributed by atoms with Crippen molar-refractivity contribution in [3.8, 4) is 0 Å². The number of hydrogen-bond donors (Lipinski definition) is 1. The molecule has 0 aliphatic carbocycles. The van der Waals surface area contributed by atoms with E-state index in [0.717, 1.165) is 0 Å². The zero-order chi connectivity index (χ0) is 15.6. The fourth-order valence-electron chi connectivity index (χ4n) is 2.64. The zero-order valence-electron chi connectivity index (χ0n) is 11.7. The maximum Gasteiger partial charge on any atom is 0.307 e. The fraction of sp³-hybridized carbons (Fsp3) is 0.500. The van der Waals surface area contributed by atoms with E-state index < -0.39 is 27.7 Å². The topological polar surface area (TPSA) is 74.7 Å². The standard InChI is InChI=1S/C14H18FNO4S/c1-10-5-12(14(17)18)8-16(7-10)21(19,20)9-11-3-2-4-13(15)6-11/h2-4,6,10,12H,5,7-9H2,1H3,(H,17,18). The second-order valence-corrected chi connectivity index (χ2v) is 7.55. The minimum absolute atomic E-state index is 0.0119. The van der Waals surface area contributed by atoms with E-state index in [9.17, 15) is 17.6 Å². The number of benzene rings is 1. The van der Waals surface area contributed by atoms with E-state index >= 15 is 0 Å². The van der Waals surface area contributed by atoms with Gasteiger partial charge in [0, 0.05) is 13.1 Å². The number of nitrogens with zero attached hydrogens (tertiary/aromatic N) is 1. The van der Waals surface area contributed by atoms with Gasteiger partial charge >= 0.3 is 5.97 Å². The second kappa shape index (κ2) is 6.11. The number of hydrogen-bond acceptors (Lipinski definition) is 3. The molecule has 0 spiro atoms. The molecule has 21 heavy (non-hydrogen) atoms. The first-order valence-corrected chi connectivity index (χ1v) is 8.34. The Morgan fingerprint density at radius 2 is 2.14 bits per heavy atom. The molecule has 0 amide bonds. The molecule has 5 nitrogen and oxygen atoms in total. The summed E-state index contributed by atoms with van der Waals surface area (Å²) in [6.07, 6.45) is 0.474. The SMILES string of the molecule is CC1CC(C(=O)O)CN(S(=O)(=O)Cc2cccc(F)c2)C1. The summed E-state index contributed by atoms with van der Waals surface area (Å²) in [4.78, 5) is 11.1. The molecule has 7 heteroatoms. The molecular weight excluding hydrogens is 297 g/mol. The Bertz CT molecular complexity index is 632. The van der Waals surface area contributed by atoms with Crippen molar-refractivity contribution < 1.29 is 22.7 Å². The van der Waals surface area contributed by atoms with Gasteiger partial charge in [-0.05, 0) is 30.0 Å². The van der Waals surface area contributed by atoms with E-state index in [0.29, 0.717) is 18.5 Å². The van der Waals surface area contributed by atoms with E-state index in [1.165, 1.54) is 22.5 Å². The summed E-state index contributed by atoms with van der Waals surface area (Å²) in [5.74, 6) is -2.48. The highest BCUT2D eigenvalue weighted by molar-refractivity contribution is 7.88. The van der Waals surface area contributed by atoms with Crippen LogP contribution in [-0.4, -0.2) is 36.9 Å². The predicted molar refractivity (Wildman–Crippen MR) is 75.5 cm³/mol. The molecule has 1 aromatic carbocycles. The summed E-state index contributed by atoms with van der Waals surface area (Å²) >= 11 is 0. The minimum atomic E-state index is -3.65. The van der Waals surface area contributed by atoms with Crippen LogP contribution in [0.25, 0.3) is 0 Å². The number of carboxylic acids is 1. The summed E-state index contributed by atoms with van der Waals surface area (Å²) < 4.78 is 39.1. The van der Waals surface area contributed by atoms with Crippen molar-refractivity contribution in [1.82, 2.24) is 4.31 Å². The first kappa shape index (κ1) is 15.9. The van der Waals surface area contributed by atoms with E-state index in [-0.39, 0.29) is 18.2 Å². The van der Waals surface area contributed by atoms with Gasteiger partial charge in [0.25, 0.3) is 0 Å². The lowest BCUT2D eigenvalue weighted by molar-refractivity contribution is -0.143. The highest BCUT2D eigenvalue weighted by atomic mass is 32.2. The Labute approximate surface area is 123 Å². The summed E-state index contributed by atoms with van der Waals surface area (Å²) in [5.41, 5.74) is 0.361. The normalized spacial score (nSPS) is 23.9. The molecule has 1 aromatic rings. The van der Waals surface area contributed by atoms with Crippen LogP contribution in [0.2, 0.25) is 0 Å². The smallest absolute Gasteiger partial charge is 0.307 e. The number of rotatable bonds is 4. The Balaban J connectivity index is 2.16. The third-order valence-electron chi connectivity index (χ3n) is 3.61. The van der Waals surface area contributed by atoms with Crippen LogP contribution in [0.3, 0.4) is 0 Å². The van der Waals surface area contributed by atoms with Gasteiger partial charge in [-0.25, -0.2) is 17.1 Å². The van der Waals surface area contributed by atoms with E-state index in [2.05, 4.69) is 0 Å². The molecular formula is C14H18FNO4S. The van der Waals surface area contributed by atoms with Crippen molar-refractivity contribution in [2.45, 2.75) is 19.1 Å². The van der Waals surface area contributed by atoms with Gasteiger partial charge in [0.05, 0.1) is 11.7 Å². The highest BCUT2D eigenvalue weighted by Crippen LogP contribution is 2.25. The molecule has 0 radical (unpaired) electrons. The van der Waals surface area contributed by atoms with E-state index in [4.69, 9.17) is 5.11 Å². The van der Waals surface area contributed by atoms with E-state index in [1.807, 2.05) is 6.92 Å². The van der Waals surface area contributed by atoms with Crippen LogP contribution in [0.4, 0.5) is 4.39 Å². The third-order valence-corrected chi connectivity index (χ3v) is 5.39. The van der Waals surface area contributed by atoms with Crippen molar-refractivity contribution >= 4 is 16.0 Å². The van der Waals surface area contributed by atoms with Crippen LogP contribution in [0.15, 0.2) is 24.3 Å². The van der Waals surface area contributed by atoms with Crippen LogP contribution < -0.4 is 0 Å². The fourth-order valence-corrected chi connectivity index (χ4v) is 4.31. The number of sulfonamides is 1. The van der Waals surface area contributed by atoms with E-state index in [1.54, 1.807) is 6.07 Å². The van der Waals surface area contributed by atoms with Crippen LogP contribution in [0.5, 0.6) is 0 Å². The van der Waals surface area contributed by atoms with Crippen LogP contribution in [0.1, 0.15) is 18.9 Å². The summed E-state index contributed by atoms with van der Waals surface area (Å²) in [6, 6.07) is 5.43. The predicted octanol–water partition coefficient (Wildman–Crippen LogP) is 1.70. The average Bonchev–Trinajstić information content (AvgIpc) is 2.37. The molecule has 1 fully saturated rings. The van der Waals surface area contributed by atoms with Gasteiger partial charge in [-0.2, -0.15) is 0 Å².